The average Bonchev–Trinajstić information content (AvgIpc) is 3.72. The molecule has 8 bridgehead atoms. The molecule has 0 amide bonds. The number of nitrogens with one attached hydrogen (secondary N) is 1. The molecular weight excluding hydrogens is 581 g/mol. The van der Waals surface area contributed by atoms with Crippen LogP contribution in [0.2, 0.25) is 0 Å². The molecule has 228 valence electrons. The van der Waals surface area contributed by atoms with Crippen LogP contribution in [-0.4, -0.2) is 58.0 Å². The van der Waals surface area contributed by atoms with E-state index in [-0.39, 0.29) is 53.5 Å². The molecule has 1 aliphatic carbocycles. The topological polar surface area (TPSA) is 139 Å². The first-order chi connectivity index (χ1) is 21.0. The Morgan fingerprint density at radius 1 is 1.07 bits per heavy atom. The van der Waals surface area contributed by atoms with E-state index < -0.39 is 17.9 Å². The third-order valence-corrected chi connectivity index (χ3v) is 9.50. The van der Waals surface area contributed by atoms with Gasteiger partial charge in [0.05, 0.1) is 12.8 Å². The molecule has 2 aliphatic heterocycles. The number of nitrogens with zero attached hydrogens (tertiary/aromatic N) is 3. The van der Waals surface area contributed by atoms with Crippen LogP contribution < -0.4 is 20.7 Å². The number of aromatic amines is 1. The normalized spacial score (nSPS) is 24.0. The number of rotatable bonds is 6. The number of carboxylic acids is 1. The number of ketones is 1. The van der Waals surface area contributed by atoms with Crippen LogP contribution in [0.1, 0.15) is 87.6 Å². The van der Waals surface area contributed by atoms with Crippen molar-refractivity contribution in [3.8, 4) is 0 Å². The predicted octanol–water partition coefficient (Wildman–Crippen LogP) is 3.89. The van der Waals surface area contributed by atoms with Gasteiger partial charge in [-0.1, -0.05) is 61.4 Å². The van der Waals surface area contributed by atoms with Crippen molar-refractivity contribution in [2.75, 3.05) is 7.11 Å². The van der Waals surface area contributed by atoms with Crippen molar-refractivity contribution in [3.63, 3.8) is 0 Å². The van der Waals surface area contributed by atoms with Crippen LogP contribution in [0.4, 0.5) is 0 Å². The summed E-state index contributed by atoms with van der Waals surface area (Å²) in [6.45, 7) is 14.0. The second-order valence-electron chi connectivity index (χ2n) is 11.8. The monoisotopic (exact) mass is 615 g/mol. The molecule has 3 aromatic rings. The van der Waals surface area contributed by atoms with Crippen LogP contribution in [0, 0.1) is 38.5 Å². The first kappa shape index (κ1) is 32.4. The quantitative estimate of drug-likeness (QED) is 0.244. The Hall–Kier alpha value is -4.02. The van der Waals surface area contributed by atoms with Gasteiger partial charge in [0.2, 0.25) is 0 Å². The summed E-state index contributed by atoms with van der Waals surface area (Å²) in [5.41, 5.74) is 9.55. The fraction of sp³-hybridized carbons (Fsp3) is 0.343. The number of methoxy groups -OCH3 is 1. The number of hydrogen-bond donors (Lipinski definition) is 2. The maximum atomic E-state index is 14.0. The first-order valence-corrected chi connectivity index (χ1v) is 14.9. The number of allylic oxidation sites excluding steroid dienone is 2. The van der Waals surface area contributed by atoms with Gasteiger partial charge in [0, 0.05) is 17.7 Å². The number of fused-ring (bicyclic) bond motifs is 7. The van der Waals surface area contributed by atoms with Gasteiger partial charge in [0.1, 0.15) is 5.92 Å². The summed E-state index contributed by atoms with van der Waals surface area (Å²) in [7, 11) is 1.26. The molecule has 1 saturated heterocycles. The fourth-order valence-corrected chi connectivity index (χ4v) is 7.01. The van der Waals surface area contributed by atoms with Crippen LogP contribution in [0.25, 0.3) is 35.2 Å². The summed E-state index contributed by atoms with van der Waals surface area (Å²) in [4.78, 5) is 52.3. The molecule has 10 heteroatoms. The van der Waals surface area contributed by atoms with E-state index in [4.69, 9.17) is 20.0 Å². The molecule has 1 fully saturated rings. The number of carboxylic acid groups (broad SMARTS) is 1. The van der Waals surface area contributed by atoms with Gasteiger partial charge in [-0.3, -0.25) is 14.4 Å². The van der Waals surface area contributed by atoms with Gasteiger partial charge in [-0.25, -0.2) is 0 Å². The number of esters is 1. The van der Waals surface area contributed by atoms with E-state index in [1.165, 1.54) is 7.11 Å². The van der Waals surface area contributed by atoms with Gasteiger partial charge >= 0.3 is 35.0 Å². The number of aliphatic carboxylic acids is 1. The second-order valence-corrected chi connectivity index (χ2v) is 11.8. The maximum Gasteiger partial charge on any atom is 2.00 e. The van der Waals surface area contributed by atoms with E-state index in [0.29, 0.717) is 33.8 Å². The van der Waals surface area contributed by atoms with E-state index in [2.05, 4.69) is 25.4 Å². The molecule has 2 N–H and O–H groups in total. The van der Waals surface area contributed by atoms with Gasteiger partial charge < -0.3 is 30.1 Å². The number of aromatic nitrogens is 3. The molecule has 3 aliphatic rings. The summed E-state index contributed by atoms with van der Waals surface area (Å²) >= 11 is 0. The summed E-state index contributed by atoms with van der Waals surface area (Å²) in [6.07, 6.45) is 8.63. The molecular formula is C35H35MgN4O5-. The average molecular weight is 616 g/mol. The summed E-state index contributed by atoms with van der Waals surface area (Å²) in [5, 5.41) is 16.3. The van der Waals surface area contributed by atoms with Gasteiger partial charge in [0.15, 0.2) is 5.78 Å². The van der Waals surface area contributed by atoms with Crippen molar-refractivity contribution >= 4 is 70.7 Å². The minimum Gasteiger partial charge on any atom is -0.664 e. The zero-order valence-corrected chi connectivity index (χ0v) is 27.9. The smallest absolute Gasteiger partial charge is 0.664 e. The SMILES string of the molecule is C=Cc1c2[n-]c(c1C)/C=C1\[N-]/C(=C3\c4[nH]c(c(C)c4C(=O)[C@@H]3C(=O)OC)/C=c3\[n-]/c(c(C)c3CC)=C\2)[C@@H](CCC(=O)O)[C@@H]1C.[Mg+2]. The molecule has 6 rings (SSSR count). The summed E-state index contributed by atoms with van der Waals surface area (Å²) in [5.74, 6) is -3.70. The van der Waals surface area contributed by atoms with E-state index in [1.807, 2.05) is 39.0 Å². The van der Waals surface area contributed by atoms with Crippen molar-refractivity contribution in [1.82, 2.24) is 15.0 Å². The number of ether oxygens (including phenoxy) is 1. The van der Waals surface area contributed by atoms with Gasteiger partial charge in [-0.2, -0.15) is 5.70 Å². The molecule has 0 unspecified atom stereocenters. The zero-order valence-electron chi connectivity index (χ0n) is 26.5. The molecule has 3 atom stereocenters. The van der Waals surface area contributed by atoms with Crippen molar-refractivity contribution < 1.29 is 24.2 Å². The van der Waals surface area contributed by atoms with Crippen molar-refractivity contribution in [3.05, 3.63) is 90.1 Å². The van der Waals surface area contributed by atoms with Gasteiger partial charge in [-0.15, -0.1) is 27.8 Å². The Balaban J connectivity index is 0.00000400. The molecule has 45 heavy (non-hydrogen) atoms. The number of H-pyrrole nitrogens is 1. The van der Waals surface area contributed by atoms with Crippen LogP contribution in [0.5, 0.6) is 0 Å². The van der Waals surface area contributed by atoms with Crippen LogP contribution >= 0.6 is 0 Å². The third kappa shape index (κ3) is 5.04. The number of hydrogen-bond acceptors (Lipinski definition) is 4. The maximum absolute atomic E-state index is 14.0. The van der Waals surface area contributed by atoms with Crippen molar-refractivity contribution in [2.45, 2.75) is 53.9 Å². The van der Waals surface area contributed by atoms with Crippen LogP contribution in [0.3, 0.4) is 0 Å². The van der Waals surface area contributed by atoms with Gasteiger partial charge in [-0.05, 0) is 62.1 Å². The molecule has 0 spiro atoms. The van der Waals surface area contributed by atoms with Crippen molar-refractivity contribution in [1.29, 1.82) is 0 Å². The zero-order chi connectivity index (χ0) is 31.6. The molecule has 0 aromatic carbocycles. The van der Waals surface area contributed by atoms with Crippen molar-refractivity contribution in [2.24, 2.45) is 17.8 Å². The summed E-state index contributed by atoms with van der Waals surface area (Å²) < 4.78 is 5.13. The minimum absolute atomic E-state index is 0. The molecule has 0 radical (unpaired) electrons. The van der Waals surface area contributed by atoms with E-state index in [9.17, 15) is 19.5 Å². The first-order valence-electron chi connectivity index (χ1n) is 14.9. The molecule has 0 saturated carbocycles. The molecule has 9 nitrogen and oxygen atoms in total. The predicted molar refractivity (Wildman–Crippen MR) is 174 cm³/mol. The molecule has 3 aromatic heterocycles. The number of Topliss-reactive ketones (excluding diaryl/α,β-unsaturated/α-hetero) is 1. The standard InChI is InChI=1S/C35H36N4O5.Mg/c1-8-19-15(3)22-12-24-17(5)21(10-11-28(40)41)32(38-24)30-31(35(43)44-7)34(42)29-18(6)25(39-33(29)30)14-27-20(9-2)16(4)23(37-27)13-26(19)36-22;/h8,12-14,17,21,31H,1,9-11H2,2-7H3,(H3,38,39,40,41,42);/q-2;+2/p-1/b23-13-,24-12-,27-14-;/t17-,21-,31+;/m0./s1. The Bertz CT molecular complexity index is 1970. The van der Waals surface area contributed by atoms with E-state index in [0.717, 1.165) is 56.5 Å². The second kappa shape index (κ2) is 12.1. The van der Waals surface area contributed by atoms with Gasteiger partial charge in [0.25, 0.3) is 0 Å². The Morgan fingerprint density at radius 2 is 1.80 bits per heavy atom. The number of carbonyl (C=O) groups excluding carboxylic acids is 2. The third-order valence-electron chi connectivity index (χ3n) is 9.50. The summed E-state index contributed by atoms with van der Waals surface area (Å²) in [6, 6.07) is 0. The van der Waals surface area contributed by atoms with Crippen LogP contribution in [-0.2, 0) is 20.7 Å². The largest absolute Gasteiger partial charge is 2.00 e. The molecule has 5 heterocycles. The van der Waals surface area contributed by atoms with Crippen LogP contribution in [0.15, 0.2) is 18.0 Å². The van der Waals surface area contributed by atoms with E-state index >= 15 is 0 Å². The Kier molecular flexibility index (Phi) is 8.67. The minimum atomic E-state index is -1.20. The Morgan fingerprint density at radius 3 is 2.44 bits per heavy atom. The Labute approximate surface area is 277 Å². The van der Waals surface area contributed by atoms with E-state index in [1.54, 1.807) is 6.08 Å². The number of carbonyl (C=O) groups is 3. The fourth-order valence-electron chi connectivity index (χ4n) is 7.01.